The summed E-state index contributed by atoms with van der Waals surface area (Å²) in [5, 5.41) is 2.84. The SMILES string of the molecule is Cc1cccc(C2C(=O)NCCN2C(=O)c2cccnc2)c1. The van der Waals surface area contributed by atoms with Crippen LogP contribution in [-0.2, 0) is 4.79 Å². The first-order valence-corrected chi connectivity index (χ1v) is 7.22. The third-order valence-electron chi connectivity index (χ3n) is 3.74. The Bertz CT molecular complexity index is 700. The Balaban J connectivity index is 1.97. The first-order chi connectivity index (χ1) is 10.7. The third kappa shape index (κ3) is 2.70. The van der Waals surface area contributed by atoms with Crippen LogP contribution in [0.25, 0.3) is 0 Å². The molecule has 0 radical (unpaired) electrons. The van der Waals surface area contributed by atoms with Crippen LogP contribution in [0.2, 0.25) is 0 Å². The van der Waals surface area contributed by atoms with Crippen molar-refractivity contribution in [3.8, 4) is 0 Å². The van der Waals surface area contributed by atoms with Crippen molar-refractivity contribution in [3.05, 3.63) is 65.5 Å². The number of benzene rings is 1. The normalized spacial score (nSPS) is 18.0. The van der Waals surface area contributed by atoms with E-state index in [9.17, 15) is 9.59 Å². The first kappa shape index (κ1) is 14.3. The lowest BCUT2D eigenvalue weighted by Crippen LogP contribution is -2.52. The van der Waals surface area contributed by atoms with Gasteiger partial charge in [0.2, 0.25) is 5.91 Å². The molecule has 0 bridgehead atoms. The second kappa shape index (κ2) is 5.97. The topological polar surface area (TPSA) is 62.3 Å². The van der Waals surface area contributed by atoms with E-state index in [4.69, 9.17) is 0 Å². The van der Waals surface area contributed by atoms with Crippen molar-refractivity contribution in [2.24, 2.45) is 0 Å². The Morgan fingerprint density at radius 3 is 2.91 bits per heavy atom. The fourth-order valence-corrected chi connectivity index (χ4v) is 2.71. The van der Waals surface area contributed by atoms with Gasteiger partial charge < -0.3 is 10.2 Å². The number of aryl methyl sites for hydroxylation is 1. The predicted octanol–water partition coefficient (Wildman–Crippen LogP) is 1.70. The molecule has 0 spiro atoms. The van der Waals surface area contributed by atoms with E-state index in [-0.39, 0.29) is 11.8 Å². The van der Waals surface area contributed by atoms with Crippen LogP contribution in [0.15, 0.2) is 48.8 Å². The Morgan fingerprint density at radius 1 is 1.32 bits per heavy atom. The molecule has 1 aliphatic rings. The van der Waals surface area contributed by atoms with E-state index < -0.39 is 6.04 Å². The smallest absolute Gasteiger partial charge is 0.256 e. The molecule has 0 saturated carbocycles. The fraction of sp³-hybridized carbons (Fsp3) is 0.235. The zero-order valence-electron chi connectivity index (χ0n) is 12.3. The van der Waals surface area contributed by atoms with Gasteiger partial charge in [0.1, 0.15) is 6.04 Å². The molecule has 1 fully saturated rings. The van der Waals surface area contributed by atoms with E-state index in [1.165, 1.54) is 6.20 Å². The number of nitrogens with one attached hydrogen (secondary N) is 1. The van der Waals surface area contributed by atoms with E-state index in [0.717, 1.165) is 11.1 Å². The minimum absolute atomic E-state index is 0.144. The molecule has 5 nitrogen and oxygen atoms in total. The van der Waals surface area contributed by atoms with Gasteiger partial charge in [0.05, 0.1) is 5.56 Å². The summed E-state index contributed by atoms with van der Waals surface area (Å²) in [7, 11) is 0. The van der Waals surface area contributed by atoms with Crippen molar-refractivity contribution < 1.29 is 9.59 Å². The molecule has 2 heterocycles. The number of pyridine rings is 1. The number of rotatable bonds is 2. The average Bonchev–Trinajstić information content (AvgIpc) is 2.54. The Hall–Kier alpha value is -2.69. The number of carbonyl (C=O) groups is 2. The van der Waals surface area contributed by atoms with Crippen LogP contribution in [0.3, 0.4) is 0 Å². The summed E-state index contributed by atoms with van der Waals surface area (Å²) < 4.78 is 0. The maximum Gasteiger partial charge on any atom is 0.256 e. The van der Waals surface area contributed by atoms with Gasteiger partial charge in [0.25, 0.3) is 5.91 Å². The maximum atomic E-state index is 12.7. The summed E-state index contributed by atoms with van der Waals surface area (Å²) >= 11 is 0. The summed E-state index contributed by atoms with van der Waals surface area (Å²) in [5.74, 6) is -0.316. The number of piperazine rings is 1. The van der Waals surface area contributed by atoms with Crippen LogP contribution in [0, 0.1) is 6.92 Å². The van der Waals surface area contributed by atoms with Crippen LogP contribution in [0.4, 0.5) is 0 Å². The number of carbonyl (C=O) groups excluding carboxylic acids is 2. The second-order valence-corrected chi connectivity index (χ2v) is 5.35. The Morgan fingerprint density at radius 2 is 2.18 bits per heavy atom. The van der Waals surface area contributed by atoms with E-state index in [0.29, 0.717) is 18.7 Å². The highest BCUT2D eigenvalue weighted by Crippen LogP contribution is 2.25. The summed E-state index contributed by atoms with van der Waals surface area (Å²) in [4.78, 5) is 30.7. The average molecular weight is 295 g/mol. The van der Waals surface area contributed by atoms with Gasteiger partial charge in [-0.25, -0.2) is 0 Å². The van der Waals surface area contributed by atoms with E-state index in [1.807, 2.05) is 31.2 Å². The lowest BCUT2D eigenvalue weighted by atomic mass is 9.99. The van der Waals surface area contributed by atoms with Crippen LogP contribution >= 0.6 is 0 Å². The predicted molar refractivity (Wildman–Crippen MR) is 82.2 cm³/mol. The third-order valence-corrected chi connectivity index (χ3v) is 3.74. The van der Waals surface area contributed by atoms with Gasteiger partial charge in [-0.3, -0.25) is 14.6 Å². The minimum atomic E-state index is -0.596. The lowest BCUT2D eigenvalue weighted by Gasteiger charge is -2.35. The number of aromatic nitrogens is 1. The van der Waals surface area contributed by atoms with E-state index in [2.05, 4.69) is 10.3 Å². The molecule has 2 aromatic rings. The van der Waals surface area contributed by atoms with Crippen molar-refractivity contribution in [1.82, 2.24) is 15.2 Å². The van der Waals surface area contributed by atoms with Crippen molar-refractivity contribution in [1.29, 1.82) is 0 Å². The second-order valence-electron chi connectivity index (χ2n) is 5.35. The van der Waals surface area contributed by atoms with Crippen LogP contribution in [0.1, 0.15) is 27.5 Å². The molecule has 1 saturated heterocycles. The van der Waals surface area contributed by atoms with Gasteiger partial charge in [-0.2, -0.15) is 0 Å². The molecule has 112 valence electrons. The molecule has 1 atom stereocenters. The van der Waals surface area contributed by atoms with Gasteiger partial charge in [-0.1, -0.05) is 29.8 Å². The highest BCUT2D eigenvalue weighted by atomic mass is 16.2. The molecule has 5 heteroatoms. The molecular weight excluding hydrogens is 278 g/mol. The molecule has 1 aliphatic heterocycles. The number of hydrogen-bond acceptors (Lipinski definition) is 3. The van der Waals surface area contributed by atoms with Gasteiger partial charge in [-0.15, -0.1) is 0 Å². The van der Waals surface area contributed by atoms with Gasteiger partial charge in [0.15, 0.2) is 0 Å². The standard InChI is InChI=1S/C17H17N3O2/c1-12-4-2-5-13(10-12)15-16(21)19-8-9-20(15)17(22)14-6-3-7-18-11-14/h2-7,10-11,15H,8-9H2,1H3,(H,19,21). The molecule has 1 N–H and O–H groups in total. The molecule has 1 aromatic carbocycles. The van der Waals surface area contributed by atoms with E-state index in [1.54, 1.807) is 23.2 Å². The van der Waals surface area contributed by atoms with Crippen LogP contribution in [0.5, 0.6) is 0 Å². The summed E-state index contributed by atoms with van der Waals surface area (Å²) in [5.41, 5.74) is 2.38. The van der Waals surface area contributed by atoms with Crippen LogP contribution in [-0.4, -0.2) is 34.8 Å². The molecular formula is C17H17N3O2. The van der Waals surface area contributed by atoms with Gasteiger partial charge >= 0.3 is 0 Å². The zero-order valence-corrected chi connectivity index (χ0v) is 12.3. The van der Waals surface area contributed by atoms with E-state index >= 15 is 0 Å². The summed E-state index contributed by atoms with van der Waals surface area (Å²) in [6.45, 7) is 2.92. The highest BCUT2D eigenvalue weighted by Gasteiger charge is 2.34. The van der Waals surface area contributed by atoms with Gasteiger partial charge in [0, 0.05) is 25.5 Å². The largest absolute Gasteiger partial charge is 0.352 e. The zero-order chi connectivity index (χ0) is 15.5. The first-order valence-electron chi connectivity index (χ1n) is 7.22. The maximum absolute atomic E-state index is 12.7. The molecule has 22 heavy (non-hydrogen) atoms. The lowest BCUT2D eigenvalue weighted by molar-refractivity contribution is -0.128. The number of hydrogen-bond donors (Lipinski definition) is 1. The summed E-state index contributed by atoms with van der Waals surface area (Å²) in [6.07, 6.45) is 3.15. The van der Waals surface area contributed by atoms with Crippen molar-refractivity contribution in [2.75, 3.05) is 13.1 Å². The molecule has 1 unspecified atom stereocenters. The van der Waals surface area contributed by atoms with Gasteiger partial charge in [-0.05, 0) is 24.6 Å². The highest BCUT2D eigenvalue weighted by molar-refractivity contribution is 5.98. The number of amides is 2. The summed E-state index contributed by atoms with van der Waals surface area (Å²) in [6, 6.07) is 10.5. The molecule has 1 aromatic heterocycles. The molecule has 0 aliphatic carbocycles. The van der Waals surface area contributed by atoms with Crippen LogP contribution < -0.4 is 5.32 Å². The van der Waals surface area contributed by atoms with Crippen molar-refractivity contribution in [2.45, 2.75) is 13.0 Å². The quantitative estimate of drug-likeness (QED) is 0.917. The Labute approximate surface area is 129 Å². The monoisotopic (exact) mass is 295 g/mol. The molecule has 3 rings (SSSR count). The fourth-order valence-electron chi connectivity index (χ4n) is 2.71. The number of nitrogens with zero attached hydrogens (tertiary/aromatic N) is 2. The molecule has 2 amide bonds. The van der Waals surface area contributed by atoms with Crippen molar-refractivity contribution >= 4 is 11.8 Å². The van der Waals surface area contributed by atoms with Crippen molar-refractivity contribution in [3.63, 3.8) is 0 Å². The Kier molecular flexibility index (Phi) is 3.87. The minimum Gasteiger partial charge on any atom is -0.352 e.